The molecule has 0 saturated carbocycles. The second-order valence-electron chi connectivity index (χ2n) is 9.15. The average Bonchev–Trinajstić information content (AvgIpc) is 3.57. The quantitative estimate of drug-likeness (QED) is 0.442. The summed E-state index contributed by atoms with van der Waals surface area (Å²) in [4.78, 5) is 28.4. The molecule has 190 valence electrons. The van der Waals surface area contributed by atoms with Crippen molar-refractivity contribution in [1.82, 2.24) is 29.6 Å². The number of pyridine rings is 2. The van der Waals surface area contributed by atoms with Gasteiger partial charge in [0.15, 0.2) is 0 Å². The van der Waals surface area contributed by atoms with E-state index in [0.29, 0.717) is 54.6 Å². The van der Waals surface area contributed by atoms with Crippen molar-refractivity contribution in [3.63, 3.8) is 0 Å². The maximum absolute atomic E-state index is 14.0. The van der Waals surface area contributed by atoms with Gasteiger partial charge >= 0.3 is 6.18 Å². The molecule has 2 aliphatic heterocycles. The molecule has 0 fully saturated rings. The Balaban J connectivity index is 1.40. The Morgan fingerprint density at radius 3 is 2.78 bits per heavy atom. The summed E-state index contributed by atoms with van der Waals surface area (Å²) >= 11 is 0. The van der Waals surface area contributed by atoms with E-state index in [1.165, 1.54) is 12.4 Å². The molecule has 0 radical (unpaired) electrons. The number of fused-ring (bicyclic) bond motifs is 4. The van der Waals surface area contributed by atoms with Crippen LogP contribution in [-0.2, 0) is 37.2 Å². The molecule has 0 bridgehead atoms. The number of amides is 1. The van der Waals surface area contributed by atoms with Crippen LogP contribution >= 0.6 is 0 Å². The molecule has 4 aromatic rings. The van der Waals surface area contributed by atoms with E-state index in [1.807, 2.05) is 0 Å². The van der Waals surface area contributed by atoms with Crippen LogP contribution in [-0.4, -0.2) is 35.5 Å². The fraction of sp³-hybridized carbons (Fsp3) is 0.320. The van der Waals surface area contributed by atoms with Crippen LogP contribution < -0.4 is 5.73 Å². The zero-order valence-corrected chi connectivity index (χ0v) is 19.6. The highest BCUT2D eigenvalue weighted by molar-refractivity contribution is 5.99. The zero-order valence-electron chi connectivity index (χ0n) is 19.6. The highest BCUT2D eigenvalue weighted by Crippen LogP contribution is 2.35. The minimum absolute atomic E-state index is 0.00768. The predicted octanol–water partition coefficient (Wildman–Crippen LogP) is 4.03. The molecule has 1 unspecified atom stereocenters. The summed E-state index contributed by atoms with van der Waals surface area (Å²) in [6.45, 7) is 1.43. The Kier molecular flexibility index (Phi) is 5.55. The lowest BCUT2D eigenvalue weighted by Gasteiger charge is -2.34. The molecule has 5 heterocycles. The molecule has 2 N–H and O–H groups in total. The fourth-order valence-electron chi connectivity index (χ4n) is 5.02. The molecule has 0 saturated heterocycles. The summed E-state index contributed by atoms with van der Waals surface area (Å²) in [5.41, 5.74) is 8.38. The lowest BCUT2D eigenvalue weighted by molar-refractivity contribution is -0.137. The largest absolute Gasteiger partial charge is 0.417 e. The minimum atomic E-state index is -4.49. The minimum Gasteiger partial charge on any atom is -0.383 e. The first kappa shape index (κ1) is 23.3. The molecular formula is C25H22F3N7O2. The Labute approximate surface area is 209 Å². The number of nitrogens with zero attached hydrogens (tertiary/aromatic N) is 6. The maximum Gasteiger partial charge on any atom is 0.417 e. The van der Waals surface area contributed by atoms with Crippen molar-refractivity contribution in [2.45, 2.75) is 51.4 Å². The molecular weight excluding hydrogens is 487 g/mol. The van der Waals surface area contributed by atoms with Crippen LogP contribution in [0.25, 0.3) is 10.9 Å². The average molecular weight is 509 g/mol. The Morgan fingerprint density at radius 2 is 2.00 bits per heavy atom. The first-order chi connectivity index (χ1) is 17.8. The van der Waals surface area contributed by atoms with Gasteiger partial charge < -0.3 is 15.4 Å². The molecule has 12 heteroatoms. The van der Waals surface area contributed by atoms with Gasteiger partial charge in [0.1, 0.15) is 18.0 Å². The van der Waals surface area contributed by atoms with Crippen molar-refractivity contribution < 1.29 is 22.7 Å². The molecule has 0 aliphatic carbocycles. The second-order valence-corrected chi connectivity index (χ2v) is 9.15. The van der Waals surface area contributed by atoms with E-state index >= 15 is 0 Å². The van der Waals surface area contributed by atoms with Crippen LogP contribution in [0.15, 0.2) is 42.9 Å². The van der Waals surface area contributed by atoms with Crippen molar-refractivity contribution in [1.29, 1.82) is 0 Å². The number of carbonyl (C=O) groups excluding carboxylic acids is 1. The molecule has 1 amide bonds. The number of hydrogen-bond donors (Lipinski definition) is 1. The summed E-state index contributed by atoms with van der Waals surface area (Å²) < 4.78 is 46.5. The Morgan fingerprint density at radius 1 is 1.16 bits per heavy atom. The topological polar surface area (TPSA) is 112 Å². The number of nitrogen functional groups attached to an aromatic ring is 1. The number of aromatic nitrogens is 5. The van der Waals surface area contributed by atoms with Crippen LogP contribution in [0.5, 0.6) is 0 Å². The van der Waals surface area contributed by atoms with Gasteiger partial charge in [-0.2, -0.15) is 18.3 Å². The number of anilines is 1. The van der Waals surface area contributed by atoms with Crippen molar-refractivity contribution in [2.24, 2.45) is 0 Å². The first-order valence-electron chi connectivity index (χ1n) is 11.8. The smallest absolute Gasteiger partial charge is 0.383 e. The van der Waals surface area contributed by atoms with Crippen molar-refractivity contribution in [2.75, 3.05) is 5.73 Å². The summed E-state index contributed by atoms with van der Waals surface area (Å²) in [6, 6.07) is 7.06. The summed E-state index contributed by atoms with van der Waals surface area (Å²) in [5, 5.41) is 5.03. The third-order valence-electron chi connectivity index (χ3n) is 6.89. The number of rotatable bonds is 4. The molecule has 3 aromatic heterocycles. The Hall–Kier alpha value is -4.06. The predicted molar refractivity (Wildman–Crippen MR) is 126 cm³/mol. The van der Waals surface area contributed by atoms with Crippen molar-refractivity contribution >= 4 is 22.6 Å². The monoisotopic (exact) mass is 509 g/mol. The second kappa shape index (κ2) is 8.80. The standard InChI is InChI=1S/C25H22F3N7O2/c26-25(27,28)15-4-5-16(30-9-15)10-34(21-2-1-7-35-23(21)31-13-32-35)24(36)14-3-6-20-17(8-14)18-11-37-12-19(18)22(29)33-20/h3-6,8-9,13,21H,1-2,7,10-12H2,(H2,29,33). The van der Waals surface area contributed by atoms with Crippen LogP contribution in [0.3, 0.4) is 0 Å². The zero-order chi connectivity index (χ0) is 25.7. The molecule has 0 spiro atoms. The highest BCUT2D eigenvalue weighted by Gasteiger charge is 2.34. The third kappa shape index (κ3) is 4.16. The molecule has 1 aromatic carbocycles. The lowest BCUT2D eigenvalue weighted by Crippen LogP contribution is -2.38. The molecule has 6 rings (SSSR count). The van der Waals surface area contributed by atoms with Crippen LogP contribution in [0.4, 0.5) is 19.0 Å². The molecule has 9 nitrogen and oxygen atoms in total. The van der Waals surface area contributed by atoms with E-state index < -0.39 is 17.8 Å². The third-order valence-corrected chi connectivity index (χ3v) is 6.89. The van der Waals surface area contributed by atoms with Gasteiger partial charge in [0, 0.05) is 29.3 Å². The maximum atomic E-state index is 14.0. The van der Waals surface area contributed by atoms with E-state index in [9.17, 15) is 18.0 Å². The number of benzene rings is 1. The summed E-state index contributed by atoms with van der Waals surface area (Å²) in [7, 11) is 0. The van der Waals surface area contributed by atoms with E-state index in [2.05, 4.69) is 20.1 Å². The number of alkyl halides is 3. The normalized spacial score (nSPS) is 17.0. The van der Waals surface area contributed by atoms with Crippen molar-refractivity contribution in [3.05, 3.63) is 76.6 Å². The van der Waals surface area contributed by atoms with Gasteiger partial charge in [0.05, 0.1) is 42.6 Å². The fourth-order valence-corrected chi connectivity index (χ4v) is 5.02. The molecule has 1 atom stereocenters. The molecule has 37 heavy (non-hydrogen) atoms. The van der Waals surface area contributed by atoms with Gasteiger partial charge in [-0.15, -0.1) is 0 Å². The van der Waals surface area contributed by atoms with Gasteiger partial charge in [-0.05, 0) is 48.7 Å². The lowest BCUT2D eigenvalue weighted by atomic mass is 10.00. The van der Waals surface area contributed by atoms with E-state index in [1.54, 1.807) is 27.8 Å². The van der Waals surface area contributed by atoms with Crippen LogP contribution in [0, 0.1) is 0 Å². The van der Waals surface area contributed by atoms with Gasteiger partial charge in [0.2, 0.25) is 0 Å². The number of carbonyl (C=O) groups is 1. The van der Waals surface area contributed by atoms with Gasteiger partial charge in [-0.1, -0.05) is 0 Å². The van der Waals surface area contributed by atoms with E-state index in [-0.39, 0.29) is 12.5 Å². The first-order valence-corrected chi connectivity index (χ1v) is 11.8. The number of hydrogen-bond acceptors (Lipinski definition) is 7. The van der Waals surface area contributed by atoms with Crippen LogP contribution in [0.1, 0.15) is 57.5 Å². The molecule has 2 aliphatic rings. The van der Waals surface area contributed by atoms with Gasteiger partial charge in [0.25, 0.3) is 5.91 Å². The SMILES string of the molecule is Nc1nc2ccc(C(=O)N(Cc3ccc(C(F)(F)F)cn3)C3CCCn4ncnc43)cc2c2c1COC2. The summed E-state index contributed by atoms with van der Waals surface area (Å²) in [6.07, 6.45) is -0.844. The van der Waals surface area contributed by atoms with Crippen LogP contribution in [0.2, 0.25) is 0 Å². The highest BCUT2D eigenvalue weighted by atomic mass is 19.4. The number of nitrogens with two attached hydrogens (primary N) is 1. The summed E-state index contributed by atoms with van der Waals surface area (Å²) in [5.74, 6) is 0.751. The van der Waals surface area contributed by atoms with E-state index in [0.717, 1.165) is 35.2 Å². The van der Waals surface area contributed by atoms with Gasteiger partial charge in [-0.3, -0.25) is 9.78 Å². The van der Waals surface area contributed by atoms with E-state index in [4.69, 9.17) is 10.5 Å². The van der Waals surface area contributed by atoms with Gasteiger partial charge in [-0.25, -0.2) is 14.6 Å². The number of aryl methyl sites for hydroxylation is 1. The number of ether oxygens (including phenoxy) is 1. The Bertz CT molecular complexity index is 1500. The number of halogens is 3. The van der Waals surface area contributed by atoms with Crippen molar-refractivity contribution in [3.8, 4) is 0 Å².